The molecule has 2 aromatic carbocycles. The van der Waals surface area contributed by atoms with Gasteiger partial charge in [-0.1, -0.05) is 23.7 Å². The summed E-state index contributed by atoms with van der Waals surface area (Å²) in [6.07, 6.45) is 0. The van der Waals surface area contributed by atoms with Crippen LogP contribution in [-0.2, 0) is 6.54 Å². The first-order valence-corrected chi connectivity index (χ1v) is 8.47. The van der Waals surface area contributed by atoms with Crippen molar-refractivity contribution in [2.45, 2.75) is 13.5 Å². The van der Waals surface area contributed by atoms with Gasteiger partial charge in [-0.25, -0.2) is 0 Å². The van der Waals surface area contributed by atoms with Gasteiger partial charge < -0.3 is 15.4 Å². The minimum atomic E-state index is -0.330. The van der Waals surface area contributed by atoms with E-state index in [1.165, 1.54) is 0 Å². The molecule has 3 rings (SSSR count). The number of carbonyl (C=O) groups excluding carboxylic acids is 1. The Labute approximate surface area is 155 Å². The van der Waals surface area contributed by atoms with E-state index in [0.29, 0.717) is 24.0 Å². The topological polar surface area (TPSA) is 91.9 Å². The van der Waals surface area contributed by atoms with E-state index in [9.17, 15) is 4.79 Å². The third-order valence-electron chi connectivity index (χ3n) is 3.56. The summed E-state index contributed by atoms with van der Waals surface area (Å²) in [6.45, 7) is 2.92. The number of rotatable bonds is 7. The predicted molar refractivity (Wildman–Crippen MR) is 99.9 cm³/mol. The fraction of sp³-hybridized carbons (Fsp3) is 0.167. The molecule has 26 heavy (non-hydrogen) atoms. The van der Waals surface area contributed by atoms with Crippen LogP contribution in [0, 0.1) is 0 Å². The Kier molecular flexibility index (Phi) is 5.70. The molecule has 1 aromatic heterocycles. The molecule has 0 atom stereocenters. The van der Waals surface area contributed by atoms with Gasteiger partial charge in [0.15, 0.2) is 11.5 Å². The number of carbonyl (C=O) groups is 1. The van der Waals surface area contributed by atoms with Crippen LogP contribution in [0.15, 0.2) is 48.5 Å². The number of amides is 1. The average Bonchev–Trinajstić information content (AvgIpc) is 3.11. The second kappa shape index (κ2) is 8.35. The summed E-state index contributed by atoms with van der Waals surface area (Å²) < 4.78 is 5.40. The van der Waals surface area contributed by atoms with Gasteiger partial charge in [-0.05, 0) is 48.9 Å². The highest BCUT2D eigenvalue weighted by molar-refractivity contribution is 6.30. The monoisotopic (exact) mass is 371 g/mol. The molecule has 0 aliphatic rings. The molecule has 3 aromatic rings. The SMILES string of the molecule is CCOc1ccc(CNC(=O)c2n[nH]nc2Nc2ccc(Cl)cc2)cc1. The molecule has 0 unspecified atom stereocenters. The Morgan fingerprint density at radius 2 is 1.85 bits per heavy atom. The number of halogens is 1. The number of nitrogens with one attached hydrogen (secondary N) is 3. The third-order valence-corrected chi connectivity index (χ3v) is 3.81. The van der Waals surface area contributed by atoms with E-state index < -0.39 is 0 Å². The summed E-state index contributed by atoms with van der Waals surface area (Å²) in [5.41, 5.74) is 1.90. The molecule has 0 saturated carbocycles. The summed E-state index contributed by atoms with van der Waals surface area (Å²) in [4.78, 5) is 12.4. The lowest BCUT2D eigenvalue weighted by Crippen LogP contribution is -2.24. The van der Waals surface area contributed by atoms with Crippen LogP contribution in [0.1, 0.15) is 23.0 Å². The first-order chi connectivity index (χ1) is 12.7. The molecule has 0 aliphatic carbocycles. The van der Waals surface area contributed by atoms with Gasteiger partial charge in [-0.2, -0.15) is 5.21 Å². The van der Waals surface area contributed by atoms with Gasteiger partial charge in [0.2, 0.25) is 0 Å². The Morgan fingerprint density at radius 3 is 2.54 bits per heavy atom. The lowest BCUT2D eigenvalue weighted by molar-refractivity contribution is 0.0946. The van der Waals surface area contributed by atoms with Crippen molar-refractivity contribution < 1.29 is 9.53 Å². The zero-order valence-electron chi connectivity index (χ0n) is 14.1. The molecule has 0 spiro atoms. The molecular weight excluding hydrogens is 354 g/mol. The predicted octanol–water partition coefficient (Wildman–Crippen LogP) is 3.53. The third kappa shape index (κ3) is 4.52. The summed E-state index contributed by atoms with van der Waals surface area (Å²) in [5.74, 6) is 0.814. The van der Waals surface area contributed by atoms with Crippen molar-refractivity contribution in [2.24, 2.45) is 0 Å². The molecule has 134 valence electrons. The van der Waals surface area contributed by atoms with Crippen molar-refractivity contribution >= 4 is 29.0 Å². The summed E-state index contributed by atoms with van der Waals surface area (Å²) >= 11 is 5.87. The van der Waals surface area contributed by atoms with Crippen molar-refractivity contribution in [3.05, 3.63) is 64.8 Å². The number of aromatic nitrogens is 3. The number of H-pyrrole nitrogens is 1. The summed E-state index contributed by atoms with van der Waals surface area (Å²) in [6, 6.07) is 14.6. The molecule has 0 aliphatic heterocycles. The molecule has 0 fully saturated rings. The van der Waals surface area contributed by atoms with Crippen LogP contribution in [0.25, 0.3) is 0 Å². The van der Waals surface area contributed by atoms with Gasteiger partial charge in [0.25, 0.3) is 5.91 Å². The van der Waals surface area contributed by atoms with E-state index in [4.69, 9.17) is 16.3 Å². The van der Waals surface area contributed by atoms with E-state index in [2.05, 4.69) is 26.0 Å². The van der Waals surface area contributed by atoms with Crippen molar-refractivity contribution in [3.63, 3.8) is 0 Å². The number of aromatic amines is 1. The Bertz CT molecular complexity index is 862. The van der Waals surface area contributed by atoms with E-state index >= 15 is 0 Å². The van der Waals surface area contributed by atoms with Crippen molar-refractivity contribution in [2.75, 3.05) is 11.9 Å². The minimum absolute atomic E-state index is 0.186. The largest absolute Gasteiger partial charge is 0.494 e. The van der Waals surface area contributed by atoms with E-state index in [-0.39, 0.29) is 11.6 Å². The highest BCUT2D eigenvalue weighted by Crippen LogP contribution is 2.19. The second-order valence-corrected chi connectivity index (χ2v) is 5.85. The fourth-order valence-electron chi connectivity index (χ4n) is 2.28. The van der Waals surface area contributed by atoms with E-state index in [1.807, 2.05) is 31.2 Å². The van der Waals surface area contributed by atoms with Crippen molar-refractivity contribution in [3.8, 4) is 5.75 Å². The zero-order chi connectivity index (χ0) is 18.4. The van der Waals surface area contributed by atoms with Crippen LogP contribution >= 0.6 is 11.6 Å². The van der Waals surface area contributed by atoms with Crippen molar-refractivity contribution in [1.82, 2.24) is 20.7 Å². The molecule has 0 bridgehead atoms. The fourth-order valence-corrected chi connectivity index (χ4v) is 2.41. The van der Waals surface area contributed by atoms with Gasteiger partial charge >= 0.3 is 0 Å². The maximum atomic E-state index is 12.4. The molecular formula is C18H18ClN5O2. The Hall–Kier alpha value is -3.06. The number of hydrogen-bond donors (Lipinski definition) is 3. The number of nitrogens with zero attached hydrogens (tertiary/aromatic N) is 2. The lowest BCUT2D eigenvalue weighted by atomic mass is 10.2. The van der Waals surface area contributed by atoms with E-state index in [0.717, 1.165) is 17.0 Å². The molecule has 0 saturated heterocycles. The van der Waals surface area contributed by atoms with Crippen LogP contribution in [0.3, 0.4) is 0 Å². The Balaban J connectivity index is 1.61. The average molecular weight is 372 g/mol. The quantitative estimate of drug-likeness (QED) is 0.591. The van der Waals surface area contributed by atoms with E-state index in [1.54, 1.807) is 24.3 Å². The van der Waals surface area contributed by atoms with Crippen LogP contribution in [0.2, 0.25) is 5.02 Å². The Morgan fingerprint density at radius 1 is 1.12 bits per heavy atom. The first-order valence-electron chi connectivity index (χ1n) is 8.09. The standard InChI is InChI=1S/C18H18ClN5O2/c1-2-26-15-9-3-12(4-10-15)11-20-18(25)16-17(23-24-22-16)21-14-7-5-13(19)6-8-14/h3-10H,2,11H2,1H3,(H,20,25)(H2,21,22,23,24). The van der Waals surface area contributed by atoms with Gasteiger partial charge in [0, 0.05) is 17.3 Å². The molecule has 0 radical (unpaired) electrons. The summed E-state index contributed by atoms with van der Waals surface area (Å²) in [7, 11) is 0. The van der Waals surface area contributed by atoms with Gasteiger partial charge in [-0.3, -0.25) is 4.79 Å². The van der Waals surface area contributed by atoms with Gasteiger partial charge in [-0.15, -0.1) is 10.2 Å². The van der Waals surface area contributed by atoms with Crippen molar-refractivity contribution in [1.29, 1.82) is 0 Å². The zero-order valence-corrected chi connectivity index (χ0v) is 14.9. The van der Waals surface area contributed by atoms with Crippen LogP contribution in [0.5, 0.6) is 5.75 Å². The number of hydrogen-bond acceptors (Lipinski definition) is 5. The lowest BCUT2D eigenvalue weighted by Gasteiger charge is -2.07. The number of anilines is 2. The normalized spacial score (nSPS) is 10.4. The number of ether oxygens (including phenoxy) is 1. The van der Waals surface area contributed by atoms with Gasteiger partial charge in [0.1, 0.15) is 5.75 Å². The maximum Gasteiger partial charge on any atom is 0.275 e. The maximum absolute atomic E-state index is 12.4. The molecule has 8 heteroatoms. The summed E-state index contributed by atoms with van der Waals surface area (Å²) in [5, 5.41) is 16.9. The highest BCUT2D eigenvalue weighted by Gasteiger charge is 2.16. The smallest absolute Gasteiger partial charge is 0.275 e. The minimum Gasteiger partial charge on any atom is -0.494 e. The highest BCUT2D eigenvalue weighted by atomic mass is 35.5. The number of benzene rings is 2. The van der Waals surface area contributed by atoms with Crippen LogP contribution in [-0.4, -0.2) is 27.9 Å². The molecule has 1 heterocycles. The van der Waals surface area contributed by atoms with Gasteiger partial charge in [0.05, 0.1) is 6.61 Å². The molecule has 1 amide bonds. The van der Waals surface area contributed by atoms with Crippen LogP contribution < -0.4 is 15.4 Å². The second-order valence-electron chi connectivity index (χ2n) is 5.41. The van der Waals surface area contributed by atoms with Crippen LogP contribution in [0.4, 0.5) is 11.5 Å². The molecule has 3 N–H and O–H groups in total. The first kappa shape index (κ1) is 17.8. The molecule has 7 nitrogen and oxygen atoms in total.